The molecule has 1 amide bonds. The van der Waals surface area contributed by atoms with Crippen LogP contribution in [0.2, 0.25) is 5.28 Å². The molecule has 8 nitrogen and oxygen atoms in total. The number of nitrogens with one attached hydrogen (secondary N) is 1. The molecule has 0 atom stereocenters. The minimum Gasteiger partial charge on any atom is -0.465 e. The number of anilines is 1. The van der Waals surface area contributed by atoms with Gasteiger partial charge in [-0.1, -0.05) is 0 Å². The average molecular weight is 412 g/mol. The van der Waals surface area contributed by atoms with Crippen LogP contribution in [-0.4, -0.2) is 71.5 Å². The highest BCUT2D eigenvalue weighted by Gasteiger charge is 2.23. The van der Waals surface area contributed by atoms with Crippen LogP contribution in [0.4, 0.5) is 10.6 Å². The van der Waals surface area contributed by atoms with Crippen LogP contribution in [-0.2, 0) is 11.3 Å². The molecule has 0 saturated carbocycles. The van der Waals surface area contributed by atoms with E-state index in [2.05, 4.69) is 31.2 Å². The van der Waals surface area contributed by atoms with Gasteiger partial charge in [0.05, 0.1) is 23.4 Å². The van der Waals surface area contributed by atoms with Gasteiger partial charge in [-0.3, -0.25) is 4.90 Å². The van der Waals surface area contributed by atoms with Crippen molar-refractivity contribution in [3.63, 3.8) is 0 Å². The van der Waals surface area contributed by atoms with E-state index in [-0.39, 0.29) is 11.3 Å². The minimum absolute atomic E-state index is 0.0544. The Hall–Kier alpha value is -1.68. The molecular formula is C17H22ClN5O3S. The summed E-state index contributed by atoms with van der Waals surface area (Å²) in [7, 11) is 0. The van der Waals surface area contributed by atoms with E-state index in [0.717, 1.165) is 61.6 Å². The summed E-state index contributed by atoms with van der Waals surface area (Å²) < 4.78 is 6.51. The number of piperidine rings is 1. The summed E-state index contributed by atoms with van der Waals surface area (Å²) in [6.45, 7) is 5.59. The fourth-order valence-corrected chi connectivity index (χ4v) is 4.96. The van der Waals surface area contributed by atoms with Gasteiger partial charge < -0.3 is 20.1 Å². The Morgan fingerprint density at radius 1 is 1.30 bits per heavy atom. The number of nitrogens with zero attached hydrogens (tertiary/aromatic N) is 4. The maximum Gasteiger partial charge on any atom is 0.404 e. The van der Waals surface area contributed by atoms with Crippen molar-refractivity contribution in [2.75, 3.05) is 44.3 Å². The highest BCUT2D eigenvalue weighted by Crippen LogP contribution is 2.34. The molecule has 2 N–H and O–H groups in total. The lowest BCUT2D eigenvalue weighted by Crippen LogP contribution is -2.43. The molecule has 0 bridgehead atoms. The van der Waals surface area contributed by atoms with Crippen molar-refractivity contribution >= 4 is 45.1 Å². The molecule has 10 heteroatoms. The van der Waals surface area contributed by atoms with Gasteiger partial charge in [-0.2, -0.15) is 4.98 Å². The van der Waals surface area contributed by atoms with E-state index in [4.69, 9.17) is 21.4 Å². The Labute approximate surface area is 166 Å². The van der Waals surface area contributed by atoms with E-state index in [1.165, 1.54) is 4.88 Å². The molecular weight excluding hydrogens is 390 g/mol. The predicted molar refractivity (Wildman–Crippen MR) is 105 cm³/mol. The first-order valence-electron chi connectivity index (χ1n) is 9.09. The molecule has 2 aromatic rings. The van der Waals surface area contributed by atoms with Gasteiger partial charge in [0.25, 0.3) is 0 Å². The third-order valence-corrected chi connectivity index (χ3v) is 6.26. The zero-order valence-corrected chi connectivity index (χ0v) is 16.4. The Kier molecular flexibility index (Phi) is 5.63. The molecule has 2 saturated heterocycles. The summed E-state index contributed by atoms with van der Waals surface area (Å²) in [4.78, 5) is 25.4. The highest BCUT2D eigenvalue weighted by molar-refractivity contribution is 7.19. The smallest absolute Gasteiger partial charge is 0.404 e. The number of carbonyl (C=O) groups is 1. The second-order valence-corrected chi connectivity index (χ2v) is 8.32. The Morgan fingerprint density at radius 3 is 2.74 bits per heavy atom. The molecule has 2 aliphatic heterocycles. The van der Waals surface area contributed by atoms with Crippen molar-refractivity contribution < 1.29 is 14.6 Å². The van der Waals surface area contributed by atoms with Gasteiger partial charge >= 0.3 is 6.09 Å². The SMILES string of the molecule is O=C(O)NC1CCN(Cc2cc3nc(Cl)nc(N4CCOCC4)c3s2)CC1. The van der Waals surface area contributed by atoms with Crippen molar-refractivity contribution in [2.45, 2.75) is 25.4 Å². The Balaban J connectivity index is 1.48. The van der Waals surface area contributed by atoms with Gasteiger partial charge in [0, 0.05) is 43.6 Å². The maximum atomic E-state index is 10.8. The van der Waals surface area contributed by atoms with Gasteiger partial charge in [-0.15, -0.1) is 11.3 Å². The first-order valence-corrected chi connectivity index (χ1v) is 10.3. The molecule has 0 radical (unpaired) electrons. The number of rotatable bonds is 4. The normalized spacial score (nSPS) is 19.5. The van der Waals surface area contributed by atoms with Crippen molar-refractivity contribution in [3.05, 3.63) is 16.2 Å². The maximum absolute atomic E-state index is 10.8. The van der Waals surface area contributed by atoms with Crippen LogP contribution in [0.15, 0.2) is 6.07 Å². The molecule has 2 fully saturated rings. The molecule has 0 unspecified atom stereocenters. The summed E-state index contributed by atoms with van der Waals surface area (Å²) >= 11 is 7.87. The summed E-state index contributed by atoms with van der Waals surface area (Å²) in [6.07, 6.45) is 0.730. The molecule has 2 aromatic heterocycles. The summed E-state index contributed by atoms with van der Waals surface area (Å²) in [6, 6.07) is 2.15. The number of ether oxygens (including phenoxy) is 1. The van der Waals surface area contributed by atoms with E-state index < -0.39 is 6.09 Å². The van der Waals surface area contributed by atoms with E-state index >= 15 is 0 Å². The average Bonchev–Trinajstić information content (AvgIpc) is 3.05. The lowest BCUT2D eigenvalue weighted by atomic mass is 10.1. The molecule has 0 aliphatic carbocycles. The number of hydrogen-bond donors (Lipinski definition) is 2. The van der Waals surface area contributed by atoms with Crippen molar-refractivity contribution in [3.8, 4) is 0 Å². The Morgan fingerprint density at radius 2 is 2.04 bits per heavy atom. The van der Waals surface area contributed by atoms with Gasteiger partial charge in [-0.25, -0.2) is 9.78 Å². The van der Waals surface area contributed by atoms with E-state index in [0.29, 0.717) is 13.2 Å². The molecule has 0 aromatic carbocycles. The molecule has 4 rings (SSSR count). The summed E-state index contributed by atoms with van der Waals surface area (Å²) in [5.74, 6) is 0.897. The van der Waals surface area contributed by atoms with Crippen LogP contribution in [0.5, 0.6) is 0 Å². The number of amides is 1. The quantitative estimate of drug-likeness (QED) is 0.746. The number of fused-ring (bicyclic) bond motifs is 1. The fourth-order valence-electron chi connectivity index (χ4n) is 3.63. The van der Waals surface area contributed by atoms with Gasteiger partial charge in [0.15, 0.2) is 5.82 Å². The van der Waals surface area contributed by atoms with E-state index in [1.54, 1.807) is 11.3 Å². The first kappa shape index (κ1) is 18.7. The minimum atomic E-state index is -0.941. The van der Waals surface area contributed by atoms with Gasteiger partial charge in [0.1, 0.15) is 0 Å². The zero-order chi connectivity index (χ0) is 18.8. The second kappa shape index (κ2) is 8.14. The standard InChI is InChI=1S/C17H22ClN5O3S/c18-16-20-13-9-12(10-22-3-1-11(2-4-22)19-17(24)25)27-14(13)15(21-16)23-5-7-26-8-6-23/h9,11,19H,1-8,10H2,(H,24,25). The number of carboxylic acid groups (broad SMARTS) is 1. The lowest BCUT2D eigenvalue weighted by Gasteiger charge is -2.31. The van der Waals surface area contributed by atoms with E-state index in [9.17, 15) is 4.79 Å². The lowest BCUT2D eigenvalue weighted by molar-refractivity contribution is 0.122. The van der Waals surface area contributed by atoms with Crippen LogP contribution in [0.1, 0.15) is 17.7 Å². The van der Waals surface area contributed by atoms with E-state index in [1.807, 2.05) is 0 Å². The molecule has 27 heavy (non-hydrogen) atoms. The number of likely N-dealkylation sites (tertiary alicyclic amines) is 1. The monoisotopic (exact) mass is 411 g/mol. The topological polar surface area (TPSA) is 90.8 Å². The van der Waals surface area contributed by atoms with Crippen molar-refractivity contribution in [2.24, 2.45) is 0 Å². The second-order valence-electron chi connectivity index (χ2n) is 6.84. The van der Waals surface area contributed by atoms with Crippen molar-refractivity contribution in [1.29, 1.82) is 0 Å². The van der Waals surface area contributed by atoms with Crippen LogP contribution < -0.4 is 10.2 Å². The number of morpholine rings is 1. The number of hydrogen-bond acceptors (Lipinski definition) is 7. The molecule has 0 spiro atoms. The number of aromatic nitrogens is 2. The molecule has 2 aliphatic rings. The largest absolute Gasteiger partial charge is 0.465 e. The highest BCUT2D eigenvalue weighted by atomic mass is 35.5. The third-order valence-electron chi connectivity index (χ3n) is 4.98. The number of thiophene rings is 1. The number of halogens is 1. The third kappa shape index (κ3) is 4.43. The fraction of sp³-hybridized carbons (Fsp3) is 0.588. The van der Waals surface area contributed by atoms with Gasteiger partial charge in [0.2, 0.25) is 5.28 Å². The summed E-state index contributed by atoms with van der Waals surface area (Å²) in [5.41, 5.74) is 0.888. The van der Waals surface area contributed by atoms with Crippen LogP contribution in [0.3, 0.4) is 0 Å². The zero-order valence-electron chi connectivity index (χ0n) is 14.9. The Bertz CT molecular complexity index is 818. The van der Waals surface area contributed by atoms with Crippen LogP contribution in [0, 0.1) is 0 Å². The summed E-state index contributed by atoms with van der Waals surface area (Å²) in [5, 5.41) is 11.7. The van der Waals surface area contributed by atoms with Crippen LogP contribution in [0.25, 0.3) is 10.2 Å². The predicted octanol–water partition coefficient (Wildman–Crippen LogP) is 2.41. The first-order chi connectivity index (χ1) is 13.1. The molecule has 4 heterocycles. The van der Waals surface area contributed by atoms with Crippen molar-refractivity contribution in [1.82, 2.24) is 20.2 Å². The molecule has 146 valence electrons. The van der Waals surface area contributed by atoms with Gasteiger partial charge in [-0.05, 0) is 30.5 Å². The van der Waals surface area contributed by atoms with Crippen LogP contribution >= 0.6 is 22.9 Å².